The second-order valence-corrected chi connectivity index (χ2v) is 7.90. The minimum Gasteiger partial charge on any atom is -0.481 e. The molecular formula is C23H19N5O2S. The molecule has 2 aromatic carbocycles. The van der Waals surface area contributed by atoms with Gasteiger partial charge in [-0.2, -0.15) is 0 Å². The van der Waals surface area contributed by atoms with E-state index >= 15 is 0 Å². The first-order valence-corrected chi connectivity index (χ1v) is 10.5. The highest BCUT2D eigenvalue weighted by Crippen LogP contribution is 2.45. The first kappa shape index (κ1) is 19.3. The van der Waals surface area contributed by atoms with Crippen molar-refractivity contribution in [2.75, 3.05) is 12.0 Å². The normalized spacial score (nSPS) is 14.9. The maximum absolute atomic E-state index is 6.35. The van der Waals surface area contributed by atoms with Crippen LogP contribution in [0.2, 0.25) is 0 Å². The summed E-state index contributed by atoms with van der Waals surface area (Å²) in [6.45, 7) is 0. The molecule has 31 heavy (non-hydrogen) atoms. The van der Waals surface area contributed by atoms with Crippen LogP contribution in [0.25, 0.3) is 11.3 Å². The lowest BCUT2D eigenvalue weighted by Crippen LogP contribution is -2.31. The number of nitrogens with two attached hydrogens (primary N) is 1. The number of hydrogen-bond donors (Lipinski definition) is 1. The lowest BCUT2D eigenvalue weighted by molar-refractivity contribution is 0.398. The molecule has 0 bridgehead atoms. The van der Waals surface area contributed by atoms with Gasteiger partial charge in [0.25, 0.3) is 0 Å². The minimum absolute atomic E-state index is 0.169. The summed E-state index contributed by atoms with van der Waals surface area (Å²) in [5, 5.41) is 0. The van der Waals surface area contributed by atoms with Gasteiger partial charge in [-0.05, 0) is 42.5 Å². The number of nitrogens with zero attached hydrogens (tertiary/aromatic N) is 4. The van der Waals surface area contributed by atoms with Crippen molar-refractivity contribution in [3.8, 4) is 28.8 Å². The van der Waals surface area contributed by atoms with Gasteiger partial charge in [-0.1, -0.05) is 23.9 Å². The summed E-state index contributed by atoms with van der Waals surface area (Å²) >= 11 is 1.64. The van der Waals surface area contributed by atoms with E-state index in [-0.39, 0.29) is 5.50 Å². The summed E-state index contributed by atoms with van der Waals surface area (Å²) in [6, 6.07) is 19.6. The Bertz CT molecular complexity index is 1220. The first-order chi connectivity index (χ1) is 15.2. The Hall–Kier alpha value is -3.62. The summed E-state index contributed by atoms with van der Waals surface area (Å²) in [5.74, 6) is 1.56. The maximum atomic E-state index is 6.35. The lowest BCUT2D eigenvalue weighted by atomic mass is 10.2. The van der Waals surface area contributed by atoms with E-state index in [9.17, 15) is 0 Å². The van der Waals surface area contributed by atoms with Crippen molar-refractivity contribution in [1.29, 1.82) is 0 Å². The average Bonchev–Trinajstić information content (AvgIpc) is 3.16. The second kappa shape index (κ2) is 8.25. The van der Waals surface area contributed by atoms with Gasteiger partial charge in [0.15, 0.2) is 0 Å². The Morgan fingerprint density at radius 1 is 0.935 bits per heavy atom. The smallest absolute Gasteiger partial charge is 0.246 e. The number of pyridine rings is 1. The summed E-state index contributed by atoms with van der Waals surface area (Å²) in [7, 11) is 1.57. The second-order valence-electron chi connectivity index (χ2n) is 6.74. The van der Waals surface area contributed by atoms with Crippen LogP contribution in [0.4, 0.5) is 11.4 Å². The molecule has 1 aliphatic heterocycles. The number of fused-ring (bicyclic) bond motifs is 1. The van der Waals surface area contributed by atoms with E-state index in [2.05, 4.69) is 32.0 Å². The molecule has 1 unspecified atom stereocenters. The van der Waals surface area contributed by atoms with Gasteiger partial charge < -0.3 is 20.1 Å². The zero-order valence-electron chi connectivity index (χ0n) is 16.7. The van der Waals surface area contributed by atoms with Gasteiger partial charge in [0.1, 0.15) is 16.9 Å². The monoisotopic (exact) mass is 429 g/mol. The molecule has 2 aromatic heterocycles. The number of benzene rings is 2. The van der Waals surface area contributed by atoms with Gasteiger partial charge in [-0.25, -0.2) is 15.0 Å². The standard InChI is InChI=1S/C23H19N5O2S/c1-29-20-14-15(10-11-25-20)21-22(27-13-12-26-21)30-17-8-6-16(7-9-17)28-18-4-2-3-5-19(18)31-23(28)24/h2-14,23H,24H2,1H3. The fourth-order valence-electron chi connectivity index (χ4n) is 3.41. The highest BCUT2D eigenvalue weighted by molar-refractivity contribution is 8.00. The maximum Gasteiger partial charge on any atom is 0.246 e. The number of rotatable bonds is 5. The van der Waals surface area contributed by atoms with Crippen molar-refractivity contribution in [1.82, 2.24) is 15.0 Å². The molecule has 7 nitrogen and oxygen atoms in total. The zero-order chi connectivity index (χ0) is 21.2. The molecule has 1 aliphatic rings. The van der Waals surface area contributed by atoms with Crippen molar-refractivity contribution in [3.63, 3.8) is 0 Å². The van der Waals surface area contributed by atoms with Crippen LogP contribution < -0.4 is 20.1 Å². The number of anilines is 2. The van der Waals surface area contributed by atoms with E-state index in [4.69, 9.17) is 15.2 Å². The van der Waals surface area contributed by atoms with E-state index in [1.54, 1.807) is 43.5 Å². The van der Waals surface area contributed by atoms with E-state index in [1.165, 1.54) is 4.90 Å². The predicted octanol–water partition coefficient (Wildman–Crippen LogP) is 4.83. The number of aromatic nitrogens is 3. The minimum atomic E-state index is -0.169. The molecule has 0 saturated heterocycles. The summed E-state index contributed by atoms with van der Waals surface area (Å²) in [4.78, 5) is 16.2. The van der Waals surface area contributed by atoms with Crippen molar-refractivity contribution < 1.29 is 9.47 Å². The van der Waals surface area contributed by atoms with Gasteiger partial charge in [0.05, 0.1) is 12.8 Å². The van der Waals surface area contributed by atoms with Crippen molar-refractivity contribution in [2.24, 2.45) is 5.73 Å². The molecular weight excluding hydrogens is 410 g/mol. The van der Waals surface area contributed by atoms with Crippen molar-refractivity contribution in [3.05, 3.63) is 79.3 Å². The predicted molar refractivity (Wildman–Crippen MR) is 121 cm³/mol. The number of hydrogen-bond acceptors (Lipinski definition) is 8. The molecule has 0 saturated carbocycles. The van der Waals surface area contributed by atoms with E-state index < -0.39 is 0 Å². The van der Waals surface area contributed by atoms with Crippen LogP contribution in [0.5, 0.6) is 17.5 Å². The van der Waals surface area contributed by atoms with Gasteiger partial charge in [0, 0.05) is 40.8 Å². The molecule has 0 amide bonds. The molecule has 2 N–H and O–H groups in total. The van der Waals surface area contributed by atoms with Gasteiger partial charge in [0.2, 0.25) is 11.8 Å². The van der Waals surface area contributed by atoms with E-state index in [0.29, 0.717) is 23.2 Å². The van der Waals surface area contributed by atoms with Crippen LogP contribution in [-0.4, -0.2) is 27.6 Å². The highest BCUT2D eigenvalue weighted by atomic mass is 32.2. The Morgan fingerprint density at radius 2 is 1.74 bits per heavy atom. The summed E-state index contributed by atoms with van der Waals surface area (Å²) in [6.07, 6.45) is 4.89. The van der Waals surface area contributed by atoms with Gasteiger partial charge in [-0.3, -0.25) is 0 Å². The Morgan fingerprint density at radius 3 is 2.58 bits per heavy atom. The third kappa shape index (κ3) is 3.78. The largest absolute Gasteiger partial charge is 0.481 e. The van der Waals surface area contributed by atoms with E-state index in [1.807, 2.05) is 42.5 Å². The molecule has 5 rings (SSSR count). The van der Waals surface area contributed by atoms with Crippen molar-refractivity contribution in [2.45, 2.75) is 10.4 Å². The van der Waals surface area contributed by atoms with Gasteiger partial charge in [-0.15, -0.1) is 0 Å². The average molecular weight is 430 g/mol. The van der Waals surface area contributed by atoms with E-state index in [0.717, 1.165) is 16.9 Å². The number of methoxy groups -OCH3 is 1. The lowest BCUT2D eigenvalue weighted by Gasteiger charge is -2.23. The molecule has 0 aliphatic carbocycles. The van der Waals surface area contributed by atoms with Crippen LogP contribution in [0.15, 0.2) is 84.1 Å². The van der Waals surface area contributed by atoms with Crippen LogP contribution in [0, 0.1) is 0 Å². The molecule has 4 aromatic rings. The first-order valence-electron chi connectivity index (χ1n) is 9.63. The molecule has 154 valence electrons. The van der Waals surface area contributed by atoms with Crippen molar-refractivity contribution >= 4 is 23.1 Å². The summed E-state index contributed by atoms with van der Waals surface area (Å²) in [5.41, 5.74) is 9.71. The Balaban J connectivity index is 1.41. The van der Waals surface area contributed by atoms with Crippen LogP contribution in [-0.2, 0) is 0 Å². The molecule has 8 heteroatoms. The topological polar surface area (TPSA) is 86.4 Å². The number of thioether (sulfide) groups is 1. The fraction of sp³-hybridized carbons (Fsp3) is 0.0870. The molecule has 0 fully saturated rings. The zero-order valence-corrected chi connectivity index (χ0v) is 17.5. The molecule has 0 spiro atoms. The summed E-state index contributed by atoms with van der Waals surface area (Å²) < 4.78 is 11.3. The molecule has 0 radical (unpaired) electrons. The molecule has 3 heterocycles. The quantitative estimate of drug-likeness (QED) is 0.483. The Labute approximate surface area is 183 Å². The van der Waals surface area contributed by atoms with Crippen LogP contribution in [0.3, 0.4) is 0 Å². The number of ether oxygens (including phenoxy) is 2. The molecule has 1 atom stereocenters. The third-order valence-electron chi connectivity index (χ3n) is 4.84. The number of para-hydroxylation sites is 1. The highest BCUT2D eigenvalue weighted by Gasteiger charge is 2.28. The SMILES string of the molecule is COc1cc(-c2nccnc2Oc2ccc(N3c4ccccc4SC3N)cc2)ccn1. The van der Waals surface area contributed by atoms with Gasteiger partial charge >= 0.3 is 0 Å². The van der Waals surface area contributed by atoms with Crippen LogP contribution in [0.1, 0.15) is 0 Å². The fourth-order valence-corrected chi connectivity index (χ4v) is 4.46. The third-order valence-corrected chi connectivity index (χ3v) is 5.89. The van der Waals surface area contributed by atoms with Crippen LogP contribution >= 0.6 is 11.8 Å². The Kier molecular flexibility index (Phi) is 5.15.